The lowest BCUT2D eigenvalue weighted by atomic mass is 10.1. The van der Waals surface area contributed by atoms with Crippen LogP contribution < -0.4 is 5.32 Å². The highest BCUT2D eigenvalue weighted by Gasteiger charge is 2.01. The fraction of sp³-hybridized carbons (Fsp3) is 0.176. The van der Waals surface area contributed by atoms with Gasteiger partial charge < -0.3 is 10.2 Å². The summed E-state index contributed by atoms with van der Waals surface area (Å²) in [4.78, 5) is 16.6. The lowest BCUT2D eigenvalue weighted by Gasteiger charge is -2.04. The smallest absolute Gasteiger partial charge is 0.260 e. The second-order valence-electron chi connectivity index (χ2n) is 4.76. The summed E-state index contributed by atoms with van der Waals surface area (Å²) in [6, 6.07) is 15.1. The highest BCUT2D eigenvalue weighted by Crippen LogP contribution is 2.13. The molecule has 2 aromatic rings. The number of benzene rings is 2. The van der Waals surface area contributed by atoms with Crippen LogP contribution in [0.3, 0.4) is 0 Å². The first-order chi connectivity index (χ1) is 11.1. The molecule has 0 aliphatic rings. The predicted molar refractivity (Wildman–Crippen MR) is 95.9 cm³/mol. The minimum Gasteiger partial charge on any atom is -0.386 e. The molecule has 2 rings (SSSR count). The van der Waals surface area contributed by atoms with E-state index >= 15 is 0 Å². The van der Waals surface area contributed by atoms with Crippen molar-refractivity contribution < 1.29 is 9.63 Å². The quantitative estimate of drug-likeness (QED) is 0.572. The van der Waals surface area contributed by atoms with Crippen LogP contribution >= 0.6 is 27.5 Å². The Bertz CT molecular complexity index is 675. The third kappa shape index (κ3) is 6.42. The van der Waals surface area contributed by atoms with Gasteiger partial charge >= 0.3 is 0 Å². The first kappa shape index (κ1) is 17.5. The van der Waals surface area contributed by atoms with Crippen LogP contribution in [-0.2, 0) is 16.1 Å². The van der Waals surface area contributed by atoms with Crippen LogP contribution in [-0.4, -0.2) is 25.3 Å². The molecule has 1 amide bonds. The molecule has 1 N–H and O–H groups in total. The number of amides is 1. The van der Waals surface area contributed by atoms with E-state index in [1.165, 1.54) is 0 Å². The molecule has 0 atom stereocenters. The molecule has 0 saturated carbocycles. The summed E-state index contributed by atoms with van der Waals surface area (Å²) in [6.45, 7) is 0.430. The van der Waals surface area contributed by atoms with E-state index in [2.05, 4.69) is 26.4 Å². The summed E-state index contributed by atoms with van der Waals surface area (Å²) >= 11 is 9.22. The van der Waals surface area contributed by atoms with E-state index in [4.69, 9.17) is 16.4 Å². The van der Waals surface area contributed by atoms with Crippen LogP contribution in [0.4, 0.5) is 0 Å². The van der Waals surface area contributed by atoms with Crippen LogP contribution in [0, 0.1) is 0 Å². The highest BCUT2D eigenvalue weighted by atomic mass is 79.9. The zero-order valence-electron chi connectivity index (χ0n) is 12.3. The van der Waals surface area contributed by atoms with Gasteiger partial charge in [0, 0.05) is 21.6 Å². The van der Waals surface area contributed by atoms with E-state index in [9.17, 15) is 4.79 Å². The highest BCUT2D eigenvalue weighted by molar-refractivity contribution is 9.10. The SMILES string of the molecule is O=C(CO/N=C\c1ccccc1Br)NCCc1ccc(Cl)cc1. The Morgan fingerprint density at radius 2 is 1.96 bits per heavy atom. The lowest BCUT2D eigenvalue weighted by Crippen LogP contribution is -2.28. The van der Waals surface area contributed by atoms with Gasteiger partial charge in [0.2, 0.25) is 0 Å². The minimum atomic E-state index is -0.205. The normalized spacial score (nSPS) is 10.7. The van der Waals surface area contributed by atoms with Gasteiger partial charge in [-0.15, -0.1) is 0 Å². The molecule has 0 saturated heterocycles. The van der Waals surface area contributed by atoms with Crippen molar-refractivity contribution in [2.24, 2.45) is 5.16 Å². The first-order valence-corrected chi connectivity index (χ1v) is 8.23. The third-order valence-corrected chi connectivity index (χ3v) is 3.99. The zero-order chi connectivity index (χ0) is 16.5. The van der Waals surface area contributed by atoms with Crippen molar-refractivity contribution in [3.8, 4) is 0 Å². The van der Waals surface area contributed by atoms with Gasteiger partial charge in [-0.3, -0.25) is 4.79 Å². The van der Waals surface area contributed by atoms with E-state index in [0.717, 1.165) is 22.0 Å². The predicted octanol–water partition coefficient (Wildman–Crippen LogP) is 3.81. The van der Waals surface area contributed by atoms with Gasteiger partial charge in [0.1, 0.15) is 0 Å². The molecule has 0 bridgehead atoms. The van der Waals surface area contributed by atoms with E-state index in [1.807, 2.05) is 48.5 Å². The number of hydrogen-bond acceptors (Lipinski definition) is 3. The van der Waals surface area contributed by atoms with Gasteiger partial charge in [-0.1, -0.05) is 63.0 Å². The van der Waals surface area contributed by atoms with Gasteiger partial charge in [0.25, 0.3) is 5.91 Å². The average molecular weight is 396 g/mol. The van der Waals surface area contributed by atoms with Crippen LogP contribution in [0.25, 0.3) is 0 Å². The molecule has 0 fully saturated rings. The number of carbonyl (C=O) groups excluding carboxylic acids is 1. The van der Waals surface area contributed by atoms with Gasteiger partial charge in [-0.25, -0.2) is 0 Å². The van der Waals surface area contributed by atoms with E-state index < -0.39 is 0 Å². The zero-order valence-corrected chi connectivity index (χ0v) is 14.7. The van der Waals surface area contributed by atoms with Crippen LogP contribution in [0.15, 0.2) is 58.2 Å². The molecule has 0 aromatic heterocycles. The van der Waals surface area contributed by atoms with Crippen molar-refractivity contribution in [2.45, 2.75) is 6.42 Å². The monoisotopic (exact) mass is 394 g/mol. The molecule has 0 spiro atoms. The summed E-state index contributed by atoms with van der Waals surface area (Å²) in [5, 5.41) is 7.27. The molecule has 0 unspecified atom stereocenters. The number of nitrogens with zero attached hydrogens (tertiary/aromatic N) is 1. The Labute approximate surface area is 148 Å². The Balaban J connectivity index is 1.65. The maximum absolute atomic E-state index is 11.6. The fourth-order valence-electron chi connectivity index (χ4n) is 1.82. The number of rotatable bonds is 7. The van der Waals surface area contributed by atoms with E-state index in [0.29, 0.717) is 11.6 Å². The maximum atomic E-state index is 11.6. The number of hydrogen-bond donors (Lipinski definition) is 1. The van der Waals surface area contributed by atoms with Crippen LogP contribution in [0.5, 0.6) is 0 Å². The summed E-state index contributed by atoms with van der Waals surface area (Å²) in [5.74, 6) is -0.205. The van der Waals surface area contributed by atoms with Crippen LogP contribution in [0.1, 0.15) is 11.1 Å². The molecule has 0 heterocycles. The van der Waals surface area contributed by atoms with Crippen molar-refractivity contribution in [1.29, 1.82) is 0 Å². The molecule has 120 valence electrons. The minimum absolute atomic E-state index is 0.110. The number of oxime groups is 1. The second-order valence-corrected chi connectivity index (χ2v) is 6.05. The largest absolute Gasteiger partial charge is 0.386 e. The number of nitrogens with one attached hydrogen (secondary N) is 1. The standard InChI is InChI=1S/C17H16BrClN2O2/c18-16-4-2-1-3-14(16)11-21-23-12-17(22)20-10-9-13-5-7-15(19)8-6-13/h1-8,11H,9-10,12H2,(H,20,22)/b21-11-. The maximum Gasteiger partial charge on any atom is 0.260 e. The van der Waals surface area contributed by atoms with Gasteiger partial charge in [0.05, 0.1) is 6.21 Å². The summed E-state index contributed by atoms with van der Waals surface area (Å²) in [6.07, 6.45) is 2.30. The first-order valence-electron chi connectivity index (χ1n) is 7.06. The summed E-state index contributed by atoms with van der Waals surface area (Å²) < 4.78 is 0.916. The van der Waals surface area contributed by atoms with Crippen molar-refractivity contribution in [2.75, 3.05) is 13.2 Å². The topological polar surface area (TPSA) is 50.7 Å². The fourth-order valence-corrected chi connectivity index (χ4v) is 2.33. The molecule has 0 aliphatic heterocycles. The third-order valence-electron chi connectivity index (χ3n) is 3.02. The Kier molecular flexibility index (Phi) is 7.10. The molecule has 23 heavy (non-hydrogen) atoms. The Morgan fingerprint density at radius 1 is 1.22 bits per heavy atom. The lowest BCUT2D eigenvalue weighted by molar-refractivity contribution is -0.125. The molecule has 4 nitrogen and oxygen atoms in total. The summed E-state index contributed by atoms with van der Waals surface area (Å²) in [5.41, 5.74) is 2.00. The molecular formula is C17H16BrClN2O2. The van der Waals surface area contributed by atoms with Crippen molar-refractivity contribution in [3.05, 3.63) is 69.2 Å². The van der Waals surface area contributed by atoms with Crippen molar-refractivity contribution in [3.63, 3.8) is 0 Å². The molecule has 6 heteroatoms. The van der Waals surface area contributed by atoms with Gasteiger partial charge in [0.15, 0.2) is 6.61 Å². The molecule has 0 radical (unpaired) electrons. The van der Waals surface area contributed by atoms with Crippen molar-refractivity contribution >= 4 is 39.7 Å². The van der Waals surface area contributed by atoms with E-state index in [1.54, 1.807) is 6.21 Å². The second kappa shape index (κ2) is 9.33. The Hall–Kier alpha value is -1.85. The average Bonchev–Trinajstić information content (AvgIpc) is 2.55. The number of halogens is 2. The van der Waals surface area contributed by atoms with Gasteiger partial charge in [-0.05, 0) is 30.2 Å². The van der Waals surface area contributed by atoms with Crippen molar-refractivity contribution in [1.82, 2.24) is 5.32 Å². The van der Waals surface area contributed by atoms with Gasteiger partial charge in [-0.2, -0.15) is 0 Å². The molecule has 0 aliphatic carbocycles. The van der Waals surface area contributed by atoms with Crippen LogP contribution in [0.2, 0.25) is 5.02 Å². The van der Waals surface area contributed by atoms with E-state index in [-0.39, 0.29) is 12.5 Å². The summed E-state index contributed by atoms with van der Waals surface area (Å²) in [7, 11) is 0. The molecule has 2 aromatic carbocycles. The molecular weight excluding hydrogens is 380 g/mol. The number of carbonyl (C=O) groups is 1. The Morgan fingerprint density at radius 3 is 2.70 bits per heavy atom.